The lowest BCUT2D eigenvalue weighted by atomic mass is 9.94. The summed E-state index contributed by atoms with van der Waals surface area (Å²) in [5.41, 5.74) is 5.37. The number of likely N-dealkylation sites (N-methyl/N-ethyl adjacent to an activating group) is 1. The minimum Gasteiger partial charge on any atom is -0.496 e. The number of para-hydroxylation sites is 2. The largest absolute Gasteiger partial charge is 0.496 e. The van der Waals surface area contributed by atoms with E-state index < -0.39 is 27.9 Å². The summed E-state index contributed by atoms with van der Waals surface area (Å²) in [6.45, 7) is 7.01. The van der Waals surface area contributed by atoms with Crippen molar-refractivity contribution in [3.8, 4) is 56.8 Å². The molecule has 15 nitrogen and oxygen atoms in total. The molecule has 1 N–H and O–H groups in total. The second kappa shape index (κ2) is 20.2. The van der Waals surface area contributed by atoms with E-state index in [0.29, 0.717) is 84.9 Å². The van der Waals surface area contributed by atoms with Crippen LogP contribution in [0.1, 0.15) is 16.8 Å². The summed E-state index contributed by atoms with van der Waals surface area (Å²) >= 11 is 7.07. The van der Waals surface area contributed by atoms with Crippen molar-refractivity contribution in [2.24, 2.45) is 0 Å². The molecule has 1 unspecified atom stereocenters. The van der Waals surface area contributed by atoms with Gasteiger partial charge in [0.15, 0.2) is 11.9 Å². The summed E-state index contributed by atoms with van der Waals surface area (Å²) in [5, 5.41) is 4.90. The third kappa shape index (κ3) is 10.7. The minimum absolute atomic E-state index is 0.0340. The molecule has 7 aromatic rings. The minimum atomic E-state index is -4.03. The first kappa shape index (κ1) is 45.9. The van der Waals surface area contributed by atoms with Gasteiger partial charge in [-0.3, -0.25) is 14.4 Å². The summed E-state index contributed by atoms with van der Waals surface area (Å²) < 4.78 is 67.5. The van der Waals surface area contributed by atoms with E-state index in [1.807, 2.05) is 37.3 Å². The molecule has 1 amide bonds. The fraction of sp³-hybridized carbons (Fsp3) is 0.271. The zero-order valence-corrected chi connectivity index (χ0v) is 38.4. The van der Waals surface area contributed by atoms with Gasteiger partial charge in [0, 0.05) is 62.7 Å². The number of sulfonamides is 1. The van der Waals surface area contributed by atoms with E-state index in [9.17, 15) is 17.6 Å². The molecule has 0 aliphatic carbocycles. The zero-order valence-electron chi connectivity index (χ0n) is 36.8. The van der Waals surface area contributed by atoms with Crippen LogP contribution in [0, 0.1) is 12.7 Å². The third-order valence-corrected chi connectivity index (χ3v) is 12.3. The number of methoxy groups -OCH3 is 1. The Bertz CT molecular complexity index is 2970. The average molecular weight is 935 g/mol. The zero-order chi connectivity index (χ0) is 46.4. The number of carbonyl (C=O) groups excluding carboxylic acids is 1. The van der Waals surface area contributed by atoms with Gasteiger partial charge in [0.05, 0.1) is 29.6 Å². The number of carbonyl (C=O) groups is 1. The smallest absolute Gasteiger partial charge is 0.274 e. The fourth-order valence-corrected chi connectivity index (χ4v) is 8.48. The van der Waals surface area contributed by atoms with E-state index >= 15 is 0 Å². The van der Waals surface area contributed by atoms with Crippen molar-refractivity contribution in [1.82, 2.24) is 39.1 Å². The number of benzene rings is 4. The number of halogens is 2. The summed E-state index contributed by atoms with van der Waals surface area (Å²) in [6.07, 6.45) is 3.93. The van der Waals surface area contributed by atoms with Gasteiger partial charge in [-0.2, -0.15) is 10.1 Å². The van der Waals surface area contributed by atoms with Gasteiger partial charge >= 0.3 is 0 Å². The van der Waals surface area contributed by atoms with Crippen LogP contribution in [0.15, 0.2) is 110 Å². The molecule has 1 aliphatic rings. The quantitative estimate of drug-likeness (QED) is 0.101. The van der Waals surface area contributed by atoms with Gasteiger partial charge in [-0.1, -0.05) is 60.1 Å². The molecule has 1 fully saturated rings. The van der Waals surface area contributed by atoms with Gasteiger partial charge in [0.2, 0.25) is 15.9 Å². The van der Waals surface area contributed by atoms with Crippen LogP contribution >= 0.6 is 11.6 Å². The van der Waals surface area contributed by atoms with Crippen LogP contribution in [0.5, 0.6) is 23.1 Å². The number of nitrogens with one attached hydrogen (secondary N) is 1. The maximum absolute atomic E-state index is 14.3. The first-order valence-corrected chi connectivity index (χ1v) is 23.4. The molecule has 4 heterocycles. The second-order valence-electron chi connectivity index (χ2n) is 15.8. The number of aromatic nitrogens is 5. The van der Waals surface area contributed by atoms with Crippen LogP contribution in [0.2, 0.25) is 5.02 Å². The summed E-state index contributed by atoms with van der Waals surface area (Å²) in [6, 6.07) is 25.9. The van der Waals surface area contributed by atoms with Gasteiger partial charge in [-0.25, -0.2) is 27.3 Å². The molecule has 1 aliphatic heterocycles. The third-order valence-electron chi connectivity index (χ3n) is 11.2. The van der Waals surface area contributed by atoms with Crippen LogP contribution in [-0.2, 0) is 27.8 Å². The normalized spacial score (nSPS) is 13.9. The molecule has 66 heavy (non-hydrogen) atoms. The number of hydrogen-bond donors (Lipinski definition) is 1. The van der Waals surface area contributed by atoms with Crippen molar-refractivity contribution in [2.75, 3.05) is 59.7 Å². The van der Waals surface area contributed by atoms with Crippen molar-refractivity contribution in [3.05, 3.63) is 137 Å². The monoisotopic (exact) mass is 934 g/mol. The van der Waals surface area contributed by atoms with Gasteiger partial charge < -0.3 is 23.8 Å². The molecular formula is C48H48ClFN8O7S. The van der Waals surface area contributed by atoms with Gasteiger partial charge in [0.1, 0.15) is 48.1 Å². The average Bonchev–Trinajstić information content (AvgIpc) is 3.70. The van der Waals surface area contributed by atoms with E-state index in [4.69, 9.17) is 35.5 Å². The number of amides is 1. The highest BCUT2D eigenvalue weighted by Gasteiger charge is 2.30. The van der Waals surface area contributed by atoms with E-state index in [1.165, 1.54) is 18.5 Å². The predicted molar refractivity (Wildman–Crippen MR) is 249 cm³/mol. The topological polar surface area (TPSA) is 163 Å². The number of piperazine rings is 1. The highest BCUT2D eigenvalue weighted by Crippen LogP contribution is 2.44. The first-order chi connectivity index (χ1) is 31.8. The molecule has 4 aromatic carbocycles. The Morgan fingerprint density at radius 3 is 2.38 bits per heavy atom. The van der Waals surface area contributed by atoms with Crippen LogP contribution < -0.4 is 23.7 Å². The Kier molecular flexibility index (Phi) is 14.1. The van der Waals surface area contributed by atoms with Gasteiger partial charge in [-0.05, 0) is 78.7 Å². The lowest BCUT2D eigenvalue weighted by Crippen LogP contribution is -2.45. The number of ether oxygens (including phenoxy) is 4. The van der Waals surface area contributed by atoms with Crippen molar-refractivity contribution in [3.63, 3.8) is 0 Å². The van der Waals surface area contributed by atoms with Crippen molar-refractivity contribution in [2.45, 2.75) is 26.1 Å². The Morgan fingerprint density at radius 2 is 1.62 bits per heavy atom. The van der Waals surface area contributed by atoms with E-state index in [2.05, 4.69) is 36.6 Å². The van der Waals surface area contributed by atoms with Crippen molar-refractivity contribution >= 4 is 33.0 Å². The fourth-order valence-electron chi connectivity index (χ4n) is 7.76. The second-order valence-corrected chi connectivity index (χ2v) is 18.0. The van der Waals surface area contributed by atoms with E-state index in [0.717, 1.165) is 39.0 Å². The summed E-state index contributed by atoms with van der Waals surface area (Å²) in [5.74, 6) is 0.605. The SMILES string of the molecule is COc1ccccc1-c1nccc(COc2ccccc2CC(Oc2ncnn3cc(-c4ccc(F)cc4)c(-c4ccc(OCCN5CCN(C)CC5)c(Cl)c4C)c23)C(=O)NS(C)(=O)=O)n1. The highest BCUT2D eigenvalue weighted by atomic mass is 35.5. The Hall–Kier alpha value is -6.66. The van der Waals surface area contributed by atoms with Crippen molar-refractivity contribution < 1.29 is 36.6 Å². The summed E-state index contributed by atoms with van der Waals surface area (Å²) in [7, 11) is -0.342. The number of fused-ring (bicyclic) bond motifs is 1. The van der Waals surface area contributed by atoms with Crippen molar-refractivity contribution in [1.29, 1.82) is 0 Å². The molecule has 3 aromatic heterocycles. The van der Waals surface area contributed by atoms with Crippen LogP contribution in [0.3, 0.4) is 0 Å². The molecule has 0 radical (unpaired) electrons. The molecule has 0 bridgehead atoms. The molecule has 0 spiro atoms. The maximum atomic E-state index is 14.3. The molecule has 1 saturated heterocycles. The Balaban J connectivity index is 1.13. The molecular weight excluding hydrogens is 887 g/mol. The lowest BCUT2D eigenvalue weighted by molar-refractivity contribution is -0.126. The van der Waals surface area contributed by atoms with E-state index in [1.54, 1.807) is 72.5 Å². The standard InChI is InChI=1S/C48H48ClFN8O7S/c1-31-36(17-18-41(44(31)49)63-26-25-57-23-21-56(2)22-24-57)43-38(32-13-15-34(50)16-14-32)28-58-45(43)48(52-30-53-58)65-42(47(59)55-66(4,60)61)27-33-9-5-7-11-39(33)64-29-35-19-20-51-46(54-35)37-10-6-8-12-40(37)62-3/h5-20,28,30,42H,21-27,29H2,1-4H3,(H,55,59). The first-order valence-electron chi connectivity index (χ1n) is 21.1. The molecule has 8 rings (SSSR count). The number of hydrogen-bond acceptors (Lipinski definition) is 13. The molecule has 18 heteroatoms. The Morgan fingerprint density at radius 1 is 0.879 bits per heavy atom. The van der Waals surface area contributed by atoms with E-state index in [-0.39, 0.29) is 18.9 Å². The van der Waals surface area contributed by atoms with Crippen LogP contribution in [-0.4, -0.2) is 115 Å². The van der Waals surface area contributed by atoms with Crippen LogP contribution in [0.25, 0.3) is 39.2 Å². The molecule has 342 valence electrons. The molecule has 1 atom stereocenters. The highest BCUT2D eigenvalue weighted by molar-refractivity contribution is 7.89. The van der Waals surface area contributed by atoms with Crippen LogP contribution in [0.4, 0.5) is 4.39 Å². The predicted octanol–water partition coefficient (Wildman–Crippen LogP) is 6.90. The lowest BCUT2D eigenvalue weighted by Gasteiger charge is -2.32. The Labute approximate surface area is 387 Å². The number of nitrogens with zero attached hydrogens (tertiary/aromatic N) is 7. The summed E-state index contributed by atoms with van der Waals surface area (Å²) in [4.78, 5) is 32.3. The van der Waals surface area contributed by atoms with Gasteiger partial charge in [0.25, 0.3) is 5.91 Å². The molecule has 0 saturated carbocycles. The number of rotatable bonds is 17. The maximum Gasteiger partial charge on any atom is 0.274 e. The van der Waals surface area contributed by atoms with Gasteiger partial charge in [-0.15, -0.1) is 0 Å².